The first-order valence-electron chi connectivity index (χ1n) is 5.74. The van der Waals surface area contributed by atoms with E-state index < -0.39 is 0 Å². The van der Waals surface area contributed by atoms with Crippen molar-refractivity contribution in [3.8, 4) is 23.0 Å². The minimum absolute atomic E-state index is 0.616. The fourth-order valence-electron chi connectivity index (χ4n) is 1.64. The molecule has 0 amide bonds. The van der Waals surface area contributed by atoms with Crippen molar-refractivity contribution in [3.63, 3.8) is 0 Å². The highest BCUT2D eigenvalue weighted by atomic mass is 14.5. The molecule has 0 saturated heterocycles. The summed E-state index contributed by atoms with van der Waals surface area (Å²) in [7, 11) is 0. The maximum absolute atomic E-state index is 5.41. The lowest BCUT2D eigenvalue weighted by Crippen LogP contribution is -1.95. The average molecular weight is 221 g/mol. The summed E-state index contributed by atoms with van der Waals surface area (Å²) in [5, 5.41) is 0. The van der Waals surface area contributed by atoms with Gasteiger partial charge < -0.3 is 5.73 Å². The van der Waals surface area contributed by atoms with E-state index in [4.69, 9.17) is 5.73 Å². The number of rotatable bonds is 2. The van der Waals surface area contributed by atoms with Crippen molar-refractivity contribution in [2.45, 2.75) is 6.42 Å². The lowest BCUT2D eigenvalue weighted by Gasteiger charge is -2.01. The second-order valence-electron chi connectivity index (χ2n) is 3.79. The minimum Gasteiger partial charge on any atom is -0.330 e. The summed E-state index contributed by atoms with van der Waals surface area (Å²) < 4.78 is 0. The predicted octanol–water partition coefficient (Wildman–Crippen LogP) is 3.05. The number of hydrogen-bond acceptors (Lipinski definition) is 1. The number of nitrogens with two attached hydrogens (primary N) is 1. The summed E-state index contributed by atoms with van der Waals surface area (Å²) in [5.41, 5.74) is 8.87. The van der Waals surface area contributed by atoms with E-state index in [1.165, 1.54) is 11.1 Å². The van der Waals surface area contributed by atoms with E-state index in [1.54, 1.807) is 0 Å². The van der Waals surface area contributed by atoms with E-state index in [9.17, 15) is 0 Å². The van der Waals surface area contributed by atoms with Crippen molar-refractivity contribution in [3.05, 3.63) is 60.2 Å². The molecule has 0 aliphatic rings. The van der Waals surface area contributed by atoms with Crippen LogP contribution in [0.25, 0.3) is 11.1 Å². The molecule has 0 saturated carbocycles. The van der Waals surface area contributed by atoms with Crippen LogP contribution >= 0.6 is 0 Å². The van der Waals surface area contributed by atoms with E-state index in [1.807, 2.05) is 30.3 Å². The van der Waals surface area contributed by atoms with Gasteiger partial charge >= 0.3 is 0 Å². The molecule has 2 N–H and O–H groups in total. The third-order valence-electron chi connectivity index (χ3n) is 2.47. The molecule has 0 aromatic heterocycles. The maximum atomic E-state index is 5.41. The van der Waals surface area contributed by atoms with E-state index >= 15 is 0 Å². The van der Waals surface area contributed by atoms with Gasteiger partial charge in [0.2, 0.25) is 0 Å². The molecule has 0 aliphatic carbocycles. The van der Waals surface area contributed by atoms with Gasteiger partial charge in [0.05, 0.1) is 0 Å². The molecule has 0 atom stereocenters. The zero-order valence-electron chi connectivity index (χ0n) is 9.69. The molecule has 1 heteroatoms. The summed E-state index contributed by atoms with van der Waals surface area (Å²) in [5.74, 6) is 6.18. The van der Waals surface area contributed by atoms with Crippen molar-refractivity contribution in [1.82, 2.24) is 0 Å². The van der Waals surface area contributed by atoms with Gasteiger partial charge in [0.1, 0.15) is 0 Å². The summed E-state index contributed by atoms with van der Waals surface area (Å²) in [6, 6.07) is 18.6. The second kappa shape index (κ2) is 5.89. The first-order valence-corrected chi connectivity index (χ1v) is 5.74. The van der Waals surface area contributed by atoms with E-state index in [0.29, 0.717) is 6.54 Å². The van der Waals surface area contributed by atoms with Crippen LogP contribution in [0.15, 0.2) is 54.6 Å². The molecule has 84 valence electrons. The van der Waals surface area contributed by atoms with Crippen LogP contribution in [0.3, 0.4) is 0 Å². The highest BCUT2D eigenvalue weighted by Crippen LogP contribution is 2.19. The van der Waals surface area contributed by atoms with Crippen LogP contribution in [-0.2, 0) is 0 Å². The molecule has 0 radical (unpaired) electrons. The molecule has 0 spiro atoms. The molecular formula is C16H15N. The molecular weight excluding hydrogens is 206 g/mol. The Balaban J connectivity index is 2.27. The normalized spacial score (nSPS) is 9.47. The highest BCUT2D eigenvalue weighted by Gasteiger charge is 1.96. The fourth-order valence-corrected chi connectivity index (χ4v) is 1.64. The molecule has 0 aliphatic heterocycles. The van der Waals surface area contributed by atoms with Crippen LogP contribution in [0.4, 0.5) is 0 Å². The Morgan fingerprint density at radius 3 is 2.41 bits per heavy atom. The van der Waals surface area contributed by atoms with Crippen LogP contribution in [0, 0.1) is 11.8 Å². The third kappa shape index (κ3) is 3.21. The highest BCUT2D eigenvalue weighted by molar-refractivity contribution is 5.65. The summed E-state index contributed by atoms with van der Waals surface area (Å²) in [4.78, 5) is 0. The van der Waals surface area contributed by atoms with Gasteiger partial charge in [0.25, 0.3) is 0 Å². The first-order chi connectivity index (χ1) is 8.40. The molecule has 0 heterocycles. The SMILES string of the molecule is NCCC#Cc1cccc(-c2ccccc2)c1. The van der Waals surface area contributed by atoms with Gasteiger partial charge in [-0.3, -0.25) is 0 Å². The van der Waals surface area contributed by atoms with Crippen LogP contribution in [0.2, 0.25) is 0 Å². The molecule has 2 aromatic rings. The Labute approximate surface area is 102 Å². The van der Waals surface area contributed by atoms with Crippen LogP contribution < -0.4 is 5.73 Å². The quantitative estimate of drug-likeness (QED) is 0.775. The molecule has 2 rings (SSSR count). The Morgan fingerprint density at radius 1 is 0.882 bits per heavy atom. The van der Waals surface area contributed by atoms with E-state index in [-0.39, 0.29) is 0 Å². The third-order valence-corrected chi connectivity index (χ3v) is 2.47. The fraction of sp³-hybridized carbons (Fsp3) is 0.125. The molecule has 1 nitrogen and oxygen atoms in total. The Kier molecular flexibility index (Phi) is 3.96. The topological polar surface area (TPSA) is 26.0 Å². The van der Waals surface area contributed by atoms with Gasteiger partial charge in [-0.2, -0.15) is 0 Å². The van der Waals surface area contributed by atoms with Gasteiger partial charge in [-0.1, -0.05) is 54.3 Å². The van der Waals surface area contributed by atoms with Gasteiger partial charge in [-0.05, 0) is 23.3 Å². The van der Waals surface area contributed by atoms with Crippen LogP contribution in [0.1, 0.15) is 12.0 Å². The minimum atomic E-state index is 0.616. The molecule has 0 unspecified atom stereocenters. The number of benzene rings is 2. The maximum Gasteiger partial charge on any atom is 0.0251 e. The van der Waals surface area contributed by atoms with E-state index in [2.05, 4.69) is 36.1 Å². The number of hydrogen-bond donors (Lipinski definition) is 1. The van der Waals surface area contributed by atoms with Gasteiger partial charge in [0.15, 0.2) is 0 Å². The summed E-state index contributed by atoms with van der Waals surface area (Å²) >= 11 is 0. The predicted molar refractivity (Wildman–Crippen MR) is 72.4 cm³/mol. The Bertz CT molecular complexity index is 532. The van der Waals surface area contributed by atoms with Gasteiger partial charge in [-0.25, -0.2) is 0 Å². The van der Waals surface area contributed by atoms with Crippen molar-refractivity contribution >= 4 is 0 Å². The first kappa shape index (κ1) is 11.4. The summed E-state index contributed by atoms with van der Waals surface area (Å²) in [6.07, 6.45) is 0.746. The largest absolute Gasteiger partial charge is 0.330 e. The van der Waals surface area contributed by atoms with Crippen molar-refractivity contribution in [2.75, 3.05) is 6.54 Å². The average Bonchev–Trinajstić information content (AvgIpc) is 2.41. The van der Waals surface area contributed by atoms with Crippen molar-refractivity contribution in [1.29, 1.82) is 0 Å². The standard InChI is InChI=1S/C16H15N/c17-12-5-4-7-14-8-6-11-16(13-14)15-9-2-1-3-10-15/h1-3,6,8-11,13H,5,12,17H2. The molecule has 0 bridgehead atoms. The van der Waals surface area contributed by atoms with Crippen LogP contribution in [0.5, 0.6) is 0 Å². The van der Waals surface area contributed by atoms with Crippen molar-refractivity contribution in [2.24, 2.45) is 5.73 Å². The zero-order chi connectivity index (χ0) is 11.9. The molecule has 2 aromatic carbocycles. The summed E-state index contributed by atoms with van der Waals surface area (Å²) in [6.45, 7) is 0.616. The zero-order valence-corrected chi connectivity index (χ0v) is 9.69. The van der Waals surface area contributed by atoms with Crippen molar-refractivity contribution < 1.29 is 0 Å². The van der Waals surface area contributed by atoms with Gasteiger partial charge in [0, 0.05) is 18.5 Å². The monoisotopic (exact) mass is 221 g/mol. The molecule has 0 fully saturated rings. The Morgan fingerprint density at radius 2 is 1.65 bits per heavy atom. The second-order valence-corrected chi connectivity index (χ2v) is 3.79. The lowest BCUT2D eigenvalue weighted by atomic mass is 10.0. The van der Waals surface area contributed by atoms with E-state index in [0.717, 1.165) is 12.0 Å². The van der Waals surface area contributed by atoms with Gasteiger partial charge in [-0.15, -0.1) is 0 Å². The molecule has 17 heavy (non-hydrogen) atoms. The smallest absolute Gasteiger partial charge is 0.0251 e. The Hall–Kier alpha value is -2.04. The lowest BCUT2D eigenvalue weighted by molar-refractivity contribution is 1.03. The van der Waals surface area contributed by atoms with Crippen LogP contribution in [-0.4, -0.2) is 6.54 Å².